The van der Waals surface area contributed by atoms with Crippen LogP contribution in [0.2, 0.25) is 0 Å². The summed E-state index contributed by atoms with van der Waals surface area (Å²) >= 11 is 0. The highest BCUT2D eigenvalue weighted by atomic mass is 16.2. The van der Waals surface area contributed by atoms with Crippen LogP contribution >= 0.6 is 0 Å². The molecule has 0 radical (unpaired) electrons. The number of hydrogen-bond donors (Lipinski definition) is 1. The Labute approximate surface area is 134 Å². The minimum atomic E-state index is -0.204. The molecule has 1 saturated heterocycles. The highest BCUT2D eigenvalue weighted by Crippen LogP contribution is 2.25. The number of rotatable bonds is 2. The third-order valence-corrected chi connectivity index (χ3v) is 4.36. The summed E-state index contributed by atoms with van der Waals surface area (Å²) in [7, 11) is 0. The van der Waals surface area contributed by atoms with E-state index in [9.17, 15) is 4.79 Å². The first kappa shape index (κ1) is 14.9. The molecule has 1 aromatic carbocycles. The van der Waals surface area contributed by atoms with Crippen LogP contribution in [0.3, 0.4) is 0 Å². The van der Waals surface area contributed by atoms with Crippen molar-refractivity contribution in [2.75, 3.05) is 11.9 Å². The molecular formula is C18H16N4O. The summed E-state index contributed by atoms with van der Waals surface area (Å²) in [6.07, 6.45) is 9.92. The van der Waals surface area contributed by atoms with Gasteiger partial charge < -0.3 is 10.2 Å². The lowest BCUT2D eigenvalue weighted by Crippen LogP contribution is -2.33. The lowest BCUT2D eigenvalue weighted by molar-refractivity contribution is -0.120. The van der Waals surface area contributed by atoms with E-state index in [-0.39, 0.29) is 17.9 Å². The number of nitriles is 1. The number of amides is 1. The van der Waals surface area contributed by atoms with Crippen molar-refractivity contribution in [1.29, 1.82) is 5.26 Å². The normalized spacial score (nSPS) is 20.0. The molecule has 0 bridgehead atoms. The predicted octanol–water partition coefficient (Wildman–Crippen LogP) is 2.35. The summed E-state index contributed by atoms with van der Waals surface area (Å²) in [5, 5.41) is 13.8. The summed E-state index contributed by atoms with van der Waals surface area (Å²) in [6, 6.07) is 7.39. The average molecular weight is 304 g/mol. The second kappa shape index (κ2) is 5.98. The number of nitrogens with zero attached hydrogens (tertiary/aromatic N) is 3. The van der Waals surface area contributed by atoms with E-state index in [1.807, 2.05) is 31.2 Å². The van der Waals surface area contributed by atoms with Gasteiger partial charge in [-0.05, 0) is 36.9 Å². The Hall–Kier alpha value is -3.05. The van der Waals surface area contributed by atoms with Crippen molar-refractivity contribution in [1.82, 2.24) is 9.88 Å². The maximum absolute atomic E-state index is 12.4. The second-order valence-electron chi connectivity index (χ2n) is 5.69. The van der Waals surface area contributed by atoms with Crippen molar-refractivity contribution in [3.63, 3.8) is 0 Å². The first-order chi connectivity index (χ1) is 11.1. The summed E-state index contributed by atoms with van der Waals surface area (Å²) in [5.74, 6) is 2.79. The zero-order chi connectivity index (χ0) is 16.4. The molecule has 2 heterocycles. The van der Waals surface area contributed by atoms with Crippen molar-refractivity contribution in [3.05, 3.63) is 36.0 Å². The Morgan fingerprint density at radius 2 is 2.26 bits per heavy atom. The van der Waals surface area contributed by atoms with Crippen molar-refractivity contribution in [2.24, 2.45) is 5.92 Å². The number of terminal acetylenes is 1. The van der Waals surface area contributed by atoms with Crippen LogP contribution in [0.4, 0.5) is 5.82 Å². The monoisotopic (exact) mass is 304 g/mol. The standard InChI is InChI=1S/C18H16N4O/c1-3-13-4-5-14-10-20-17(9-15(14)8-13)21-18(23)16-6-7-22(11-19)12(16)2/h1,4-5,8-10,12,16H,6-7H2,2H3,(H,20,21,23)/t12-,16-/m0/s1. The molecule has 1 amide bonds. The number of carbonyl (C=O) groups excluding carboxylic acids is 1. The first-order valence-corrected chi connectivity index (χ1v) is 7.46. The van der Waals surface area contributed by atoms with Gasteiger partial charge in [0.05, 0.1) is 5.92 Å². The average Bonchev–Trinajstić information content (AvgIpc) is 2.94. The number of benzene rings is 1. The number of anilines is 1. The van der Waals surface area contributed by atoms with Crippen LogP contribution in [-0.2, 0) is 4.79 Å². The zero-order valence-corrected chi connectivity index (χ0v) is 12.8. The van der Waals surface area contributed by atoms with Gasteiger partial charge in [-0.2, -0.15) is 5.26 Å². The highest BCUT2D eigenvalue weighted by Gasteiger charge is 2.35. The number of likely N-dealkylation sites (tertiary alicyclic amines) is 1. The molecule has 0 saturated carbocycles. The molecule has 2 aromatic rings. The number of aromatic nitrogens is 1. The largest absolute Gasteiger partial charge is 0.310 e. The van der Waals surface area contributed by atoms with Gasteiger partial charge in [-0.25, -0.2) is 4.98 Å². The number of nitrogens with one attached hydrogen (secondary N) is 1. The van der Waals surface area contributed by atoms with Gasteiger partial charge in [-0.15, -0.1) is 6.42 Å². The van der Waals surface area contributed by atoms with E-state index in [1.165, 1.54) is 0 Å². The molecule has 23 heavy (non-hydrogen) atoms. The van der Waals surface area contributed by atoms with Gasteiger partial charge >= 0.3 is 0 Å². The summed E-state index contributed by atoms with van der Waals surface area (Å²) in [6.45, 7) is 2.51. The Bertz CT molecular complexity index is 846. The molecule has 1 aliphatic rings. The summed E-state index contributed by atoms with van der Waals surface area (Å²) in [4.78, 5) is 18.3. The number of hydrogen-bond acceptors (Lipinski definition) is 4. The molecule has 1 aliphatic heterocycles. The quantitative estimate of drug-likeness (QED) is 0.683. The lowest BCUT2D eigenvalue weighted by atomic mass is 10.0. The van der Waals surface area contributed by atoms with Crippen LogP contribution in [0.5, 0.6) is 0 Å². The number of fused-ring (bicyclic) bond motifs is 1. The minimum Gasteiger partial charge on any atom is -0.310 e. The number of pyridine rings is 1. The predicted molar refractivity (Wildman–Crippen MR) is 88.2 cm³/mol. The molecular weight excluding hydrogens is 288 g/mol. The van der Waals surface area contributed by atoms with Crippen LogP contribution in [0.15, 0.2) is 30.5 Å². The van der Waals surface area contributed by atoms with E-state index in [2.05, 4.69) is 22.4 Å². The van der Waals surface area contributed by atoms with Gasteiger partial charge in [0.15, 0.2) is 6.19 Å². The van der Waals surface area contributed by atoms with Crippen molar-refractivity contribution in [2.45, 2.75) is 19.4 Å². The molecule has 0 aliphatic carbocycles. The number of carbonyl (C=O) groups is 1. The van der Waals surface area contributed by atoms with E-state index in [0.29, 0.717) is 18.8 Å². The van der Waals surface area contributed by atoms with Gasteiger partial charge in [0.25, 0.3) is 0 Å². The summed E-state index contributed by atoms with van der Waals surface area (Å²) < 4.78 is 0. The van der Waals surface area contributed by atoms with Gasteiger partial charge in [0.1, 0.15) is 5.82 Å². The van der Waals surface area contributed by atoms with E-state index in [0.717, 1.165) is 16.3 Å². The molecule has 114 valence electrons. The van der Waals surface area contributed by atoms with Crippen LogP contribution < -0.4 is 5.32 Å². The van der Waals surface area contributed by atoms with Crippen molar-refractivity contribution >= 4 is 22.5 Å². The van der Waals surface area contributed by atoms with Crippen LogP contribution in [0.1, 0.15) is 18.9 Å². The third kappa shape index (κ3) is 2.82. The van der Waals surface area contributed by atoms with Crippen LogP contribution in [-0.4, -0.2) is 28.4 Å². The smallest absolute Gasteiger partial charge is 0.230 e. The van der Waals surface area contributed by atoms with E-state index in [4.69, 9.17) is 11.7 Å². The molecule has 0 unspecified atom stereocenters. The van der Waals surface area contributed by atoms with E-state index >= 15 is 0 Å². The van der Waals surface area contributed by atoms with E-state index in [1.54, 1.807) is 11.1 Å². The first-order valence-electron chi connectivity index (χ1n) is 7.46. The molecule has 3 rings (SSSR count). The molecule has 1 fully saturated rings. The fourth-order valence-corrected chi connectivity index (χ4v) is 2.95. The zero-order valence-electron chi connectivity index (χ0n) is 12.8. The second-order valence-corrected chi connectivity index (χ2v) is 5.69. The van der Waals surface area contributed by atoms with Gasteiger partial charge in [0.2, 0.25) is 5.91 Å². The Kier molecular flexibility index (Phi) is 3.87. The lowest BCUT2D eigenvalue weighted by Gasteiger charge is -2.18. The minimum absolute atomic E-state index is 0.0894. The molecule has 5 nitrogen and oxygen atoms in total. The maximum atomic E-state index is 12.4. The Morgan fingerprint density at radius 3 is 2.96 bits per heavy atom. The van der Waals surface area contributed by atoms with Crippen molar-refractivity contribution in [3.8, 4) is 18.5 Å². The van der Waals surface area contributed by atoms with E-state index < -0.39 is 0 Å². The third-order valence-electron chi connectivity index (χ3n) is 4.36. The fraction of sp³-hybridized carbons (Fsp3) is 0.278. The molecule has 2 atom stereocenters. The molecule has 0 spiro atoms. The topological polar surface area (TPSA) is 69.0 Å². The van der Waals surface area contributed by atoms with Crippen LogP contribution in [0.25, 0.3) is 10.8 Å². The molecule has 1 N–H and O–H groups in total. The highest BCUT2D eigenvalue weighted by molar-refractivity contribution is 5.94. The molecule has 5 heteroatoms. The van der Waals surface area contributed by atoms with Crippen molar-refractivity contribution < 1.29 is 4.79 Å². The Balaban J connectivity index is 1.80. The fourth-order valence-electron chi connectivity index (χ4n) is 2.95. The van der Waals surface area contributed by atoms with Gasteiger partial charge in [-0.3, -0.25) is 4.79 Å². The Morgan fingerprint density at radius 1 is 1.43 bits per heavy atom. The van der Waals surface area contributed by atoms with Gasteiger partial charge in [-0.1, -0.05) is 12.0 Å². The summed E-state index contributed by atoms with van der Waals surface area (Å²) in [5.41, 5.74) is 0.787. The SMILES string of the molecule is C#Cc1ccc2cnc(NC(=O)[C@H]3CCN(C#N)[C@H]3C)cc2c1. The molecule has 1 aromatic heterocycles. The van der Waals surface area contributed by atoms with Gasteiger partial charge in [0, 0.05) is 29.7 Å². The van der Waals surface area contributed by atoms with Crippen LogP contribution in [0, 0.1) is 29.7 Å². The maximum Gasteiger partial charge on any atom is 0.230 e.